The topological polar surface area (TPSA) is 32.3 Å². The summed E-state index contributed by atoms with van der Waals surface area (Å²) in [7, 11) is 0. The van der Waals surface area contributed by atoms with E-state index in [0.29, 0.717) is 0 Å². The van der Waals surface area contributed by atoms with Crippen LogP contribution >= 0.6 is 15.9 Å². The third kappa shape index (κ3) is 2.16. The van der Waals surface area contributed by atoms with E-state index in [1.807, 2.05) is 12.1 Å². The van der Waals surface area contributed by atoms with Gasteiger partial charge in [0.15, 0.2) is 0 Å². The molecule has 2 atom stereocenters. The Morgan fingerprint density at radius 3 is 3.00 bits per heavy atom. The molecular weight excluding hydrogens is 242 g/mol. The zero-order valence-corrected chi connectivity index (χ0v) is 9.50. The third-order valence-corrected chi connectivity index (χ3v) is 3.22. The number of halogens is 1. The molecule has 2 N–H and O–H groups in total. The van der Waals surface area contributed by atoms with Gasteiger partial charge >= 0.3 is 0 Å². The zero-order valence-electron chi connectivity index (χ0n) is 7.91. The van der Waals surface area contributed by atoms with Crippen molar-refractivity contribution < 1.29 is 5.11 Å². The van der Waals surface area contributed by atoms with Crippen molar-refractivity contribution in [3.63, 3.8) is 0 Å². The molecular formula is C11H14BrNO. The normalized spacial score (nSPS) is 27.6. The SMILES string of the molecule is OC1CCNCC1c1cccc(Br)c1. The molecule has 2 unspecified atom stereocenters. The van der Waals surface area contributed by atoms with E-state index in [4.69, 9.17) is 0 Å². The largest absolute Gasteiger partial charge is 0.392 e. The summed E-state index contributed by atoms with van der Waals surface area (Å²) in [5.41, 5.74) is 1.21. The highest BCUT2D eigenvalue weighted by Gasteiger charge is 2.24. The monoisotopic (exact) mass is 255 g/mol. The van der Waals surface area contributed by atoms with Gasteiger partial charge in [0.2, 0.25) is 0 Å². The molecule has 3 heteroatoms. The Balaban J connectivity index is 2.20. The van der Waals surface area contributed by atoms with E-state index in [1.54, 1.807) is 0 Å². The van der Waals surface area contributed by atoms with Gasteiger partial charge in [-0.2, -0.15) is 0 Å². The molecule has 0 radical (unpaired) electrons. The Bertz CT molecular complexity index is 316. The van der Waals surface area contributed by atoms with Gasteiger partial charge in [0.1, 0.15) is 0 Å². The second kappa shape index (κ2) is 4.43. The number of rotatable bonds is 1. The number of hydrogen-bond acceptors (Lipinski definition) is 2. The van der Waals surface area contributed by atoms with Gasteiger partial charge in [-0.05, 0) is 30.7 Å². The fourth-order valence-corrected chi connectivity index (χ4v) is 2.34. The highest BCUT2D eigenvalue weighted by atomic mass is 79.9. The van der Waals surface area contributed by atoms with E-state index in [-0.39, 0.29) is 12.0 Å². The summed E-state index contributed by atoms with van der Waals surface area (Å²) in [6.07, 6.45) is 0.641. The second-order valence-electron chi connectivity index (χ2n) is 3.72. The number of aliphatic hydroxyl groups excluding tert-OH is 1. The molecule has 1 fully saturated rings. The van der Waals surface area contributed by atoms with Gasteiger partial charge in [0.25, 0.3) is 0 Å². The van der Waals surface area contributed by atoms with Crippen LogP contribution in [0.3, 0.4) is 0 Å². The average Bonchev–Trinajstić information content (AvgIpc) is 2.18. The van der Waals surface area contributed by atoms with E-state index in [1.165, 1.54) is 5.56 Å². The van der Waals surface area contributed by atoms with Crippen LogP contribution in [0.2, 0.25) is 0 Å². The van der Waals surface area contributed by atoms with Crippen LogP contribution in [-0.4, -0.2) is 24.3 Å². The number of aliphatic hydroxyl groups is 1. The van der Waals surface area contributed by atoms with Gasteiger partial charge in [0, 0.05) is 16.9 Å². The van der Waals surface area contributed by atoms with Crippen LogP contribution in [0.4, 0.5) is 0 Å². The molecule has 0 aliphatic carbocycles. The summed E-state index contributed by atoms with van der Waals surface area (Å²) < 4.78 is 1.08. The molecule has 0 spiro atoms. The Kier molecular flexibility index (Phi) is 3.21. The van der Waals surface area contributed by atoms with Crippen molar-refractivity contribution in [1.82, 2.24) is 5.32 Å². The molecule has 1 aromatic rings. The summed E-state index contributed by atoms with van der Waals surface area (Å²) in [6.45, 7) is 1.79. The van der Waals surface area contributed by atoms with Crippen LogP contribution in [0.5, 0.6) is 0 Å². The Morgan fingerprint density at radius 2 is 2.29 bits per heavy atom. The molecule has 0 amide bonds. The van der Waals surface area contributed by atoms with Crippen molar-refractivity contribution in [2.45, 2.75) is 18.4 Å². The fraction of sp³-hybridized carbons (Fsp3) is 0.455. The minimum atomic E-state index is -0.203. The van der Waals surface area contributed by atoms with Gasteiger partial charge in [-0.3, -0.25) is 0 Å². The maximum atomic E-state index is 9.86. The van der Waals surface area contributed by atoms with E-state index >= 15 is 0 Å². The van der Waals surface area contributed by atoms with Crippen LogP contribution in [0.1, 0.15) is 17.9 Å². The van der Waals surface area contributed by atoms with Crippen LogP contribution in [0.15, 0.2) is 28.7 Å². The first kappa shape index (κ1) is 10.1. The van der Waals surface area contributed by atoms with Crippen LogP contribution in [-0.2, 0) is 0 Å². The zero-order chi connectivity index (χ0) is 9.97. The molecule has 0 saturated carbocycles. The molecule has 1 aliphatic heterocycles. The van der Waals surface area contributed by atoms with Crippen molar-refractivity contribution in [2.24, 2.45) is 0 Å². The smallest absolute Gasteiger partial charge is 0.0633 e. The molecule has 76 valence electrons. The lowest BCUT2D eigenvalue weighted by Gasteiger charge is -2.28. The molecule has 0 bridgehead atoms. The Morgan fingerprint density at radius 1 is 1.43 bits per heavy atom. The number of nitrogens with one attached hydrogen (secondary N) is 1. The van der Waals surface area contributed by atoms with E-state index in [9.17, 15) is 5.11 Å². The molecule has 2 rings (SSSR count). The molecule has 1 saturated heterocycles. The first-order chi connectivity index (χ1) is 6.77. The highest BCUT2D eigenvalue weighted by molar-refractivity contribution is 9.10. The quantitative estimate of drug-likeness (QED) is 0.804. The number of benzene rings is 1. The second-order valence-corrected chi connectivity index (χ2v) is 4.64. The van der Waals surface area contributed by atoms with Crippen LogP contribution in [0, 0.1) is 0 Å². The first-order valence-corrected chi connectivity index (χ1v) is 5.71. The van der Waals surface area contributed by atoms with Crippen molar-refractivity contribution in [3.8, 4) is 0 Å². The van der Waals surface area contributed by atoms with Crippen molar-refractivity contribution >= 4 is 15.9 Å². The van der Waals surface area contributed by atoms with Crippen molar-refractivity contribution in [2.75, 3.05) is 13.1 Å². The molecule has 1 aromatic carbocycles. The lowest BCUT2D eigenvalue weighted by molar-refractivity contribution is 0.114. The van der Waals surface area contributed by atoms with Gasteiger partial charge < -0.3 is 10.4 Å². The van der Waals surface area contributed by atoms with Crippen molar-refractivity contribution in [3.05, 3.63) is 34.3 Å². The van der Waals surface area contributed by atoms with Gasteiger partial charge in [0.05, 0.1) is 6.10 Å². The van der Waals surface area contributed by atoms with Gasteiger partial charge in [-0.25, -0.2) is 0 Å². The minimum absolute atomic E-state index is 0.203. The maximum Gasteiger partial charge on any atom is 0.0633 e. The Hall–Kier alpha value is -0.380. The minimum Gasteiger partial charge on any atom is -0.392 e. The predicted octanol–water partition coefficient (Wildman–Crippen LogP) is 1.89. The predicted molar refractivity (Wildman–Crippen MR) is 60.4 cm³/mol. The Labute approximate surface area is 92.5 Å². The van der Waals surface area contributed by atoms with E-state index < -0.39 is 0 Å². The van der Waals surface area contributed by atoms with E-state index in [0.717, 1.165) is 24.0 Å². The van der Waals surface area contributed by atoms with Gasteiger partial charge in [-0.15, -0.1) is 0 Å². The lowest BCUT2D eigenvalue weighted by atomic mass is 9.89. The summed E-state index contributed by atoms with van der Waals surface area (Å²) in [5, 5.41) is 13.2. The third-order valence-electron chi connectivity index (χ3n) is 2.72. The van der Waals surface area contributed by atoms with Gasteiger partial charge in [-0.1, -0.05) is 28.1 Å². The summed E-state index contributed by atoms with van der Waals surface area (Å²) >= 11 is 3.45. The molecule has 14 heavy (non-hydrogen) atoms. The first-order valence-electron chi connectivity index (χ1n) is 4.91. The molecule has 1 heterocycles. The summed E-state index contributed by atoms with van der Waals surface area (Å²) in [6, 6.07) is 8.18. The standard InChI is InChI=1S/C11H14BrNO/c12-9-3-1-2-8(6-9)10-7-13-5-4-11(10)14/h1-3,6,10-11,13-14H,4-5,7H2. The molecule has 0 aromatic heterocycles. The molecule has 1 aliphatic rings. The van der Waals surface area contributed by atoms with Crippen LogP contribution < -0.4 is 5.32 Å². The number of piperidine rings is 1. The van der Waals surface area contributed by atoms with Crippen LogP contribution in [0.25, 0.3) is 0 Å². The average molecular weight is 256 g/mol. The lowest BCUT2D eigenvalue weighted by Crippen LogP contribution is -2.38. The summed E-state index contributed by atoms with van der Waals surface area (Å²) in [5.74, 6) is 0.237. The fourth-order valence-electron chi connectivity index (χ4n) is 1.92. The van der Waals surface area contributed by atoms with E-state index in [2.05, 4.69) is 33.4 Å². The van der Waals surface area contributed by atoms with Crippen molar-refractivity contribution in [1.29, 1.82) is 0 Å². The maximum absolute atomic E-state index is 9.86. The highest BCUT2D eigenvalue weighted by Crippen LogP contribution is 2.25. The molecule has 2 nitrogen and oxygen atoms in total. The number of hydrogen-bond donors (Lipinski definition) is 2. The summed E-state index contributed by atoms with van der Waals surface area (Å²) in [4.78, 5) is 0.